The summed E-state index contributed by atoms with van der Waals surface area (Å²) in [6, 6.07) is -0.0973. The number of nitrogens with two attached hydrogens (primary N) is 1. The van der Waals surface area contributed by atoms with E-state index in [-0.39, 0.29) is 35.8 Å². The van der Waals surface area contributed by atoms with Gasteiger partial charge in [-0.2, -0.15) is 0 Å². The summed E-state index contributed by atoms with van der Waals surface area (Å²) in [6.07, 6.45) is 3.42. The lowest BCUT2D eigenvalue weighted by atomic mass is 9.95. The van der Waals surface area contributed by atoms with Crippen LogP contribution in [0.4, 0.5) is 5.82 Å². The first-order valence-electron chi connectivity index (χ1n) is 9.72. The van der Waals surface area contributed by atoms with E-state index in [1.165, 1.54) is 19.9 Å². The highest BCUT2D eigenvalue weighted by Gasteiger charge is 2.49. The van der Waals surface area contributed by atoms with Gasteiger partial charge in [0.2, 0.25) is 5.82 Å². The summed E-state index contributed by atoms with van der Waals surface area (Å²) in [5.74, 6) is -0.720. The van der Waals surface area contributed by atoms with Gasteiger partial charge in [0.15, 0.2) is 21.4 Å². The van der Waals surface area contributed by atoms with Crippen LogP contribution in [0.3, 0.4) is 0 Å². The molecule has 2 atom stereocenters. The Bertz CT molecular complexity index is 1050. The number of anilines is 1. The number of sulfone groups is 1. The summed E-state index contributed by atoms with van der Waals surface area (Å²) in [5.41, 5.74) is 4.80. The molecule has 0 bridgehead atoms. The molecule has 170 valence electrons. The van der Waals surface area contributed by atoms with E-state index in [1.807, 2.05) is 18.7 Å². The second-order valence-corrected chi connectivity index (χ2v) is 11.1. The number of fused-ring (bicyclic) bond motifs is 3. The lowest BCUT2D eigenvalue weighted by Gasteiger charge is -2.51. The maximum absolute atomic E-state index is 12.8. The van der Waals surface area contributed by atoms with E-state index in [0.29, 0.717) is 19.0 Å². The molecule has 4 N–H and O–H groups in total. The number of carbonyl (C=O) groups excluding carboxylic acids is 1. The van der Waals surface area contributed by atoms with Gasteiger partial charge in [0.1, 0.15) is 22.9 Å². The Balaban J connectivity index is 2.23. The van der Waals surface area contributed by atoms with Crippen molar-refractivity contribution in [3.05, 3.63) is 23.8 Å². The Morgan fingerprint density at radius 3 is 2.68 bits per heavy atom. The highest BCUT2D eigenvalue weighted by Crippen LogP contribution is 2.45. The molecule has 1 aromatic rings. The molecule has 1 saturated heterocycles. The summed E-state index contributed by atoms with van der Waals surface area (Å²) in [6.45, 7) is 8.00. The van der Waals surface area contributed by atoms with Crippen LogP contribution >= 0.6 is 0 Å². The SMILES string of the molecule is C[C@@H]1COCC2(C)COc3c(nc(C(=O)NC(=N)C=CN)nc3C(C)(C)S(C)(=O)=O)N12. The monoisotopic (exact) mass is 452 g/mol. The van der Waals surface area contributed by atoms with Crippen molar-refractivity contribution in [3.8, 4) is 5.75 Å². The number of morpholine rings is 1. The standard InChI is InChI=1S/C19H28N6O5S/c1-11-8-29-9-19(4)10-30-13-14(18(2,3)31(5,27)28)23-15(24-16(13)25(11)19)17(26)22-12(21)6-7-20/h6-7,11H,8-10,20H2,1-5H3,(H2,21,22,26)/t11-,19?/m1/s1. The van der Waals surface area contributed by atoms with Crippen LogP contribution < -0.4 is 20.7 Å². The number of ether oxygens (including phenoxy) is 2. The van der Waals surface area contributed by atoms with Gasteiger partial charge in [-0.1, -0.05) is 0 Å². The molecule has 0 saturated carbocycles. The van der Waals surface area contributed by atoms with Crippen LogP contribution in [0.25, 0.3) is 0 Å². The number of hydrogen-bond acceptors (Lipinski definition) is 10. The lowest BCUT2D eigenvalue weighted by molar-refractivity contribution is 0.00696. The predicted octanol–water partition coefficient (Wildman–Crippen LogP) is 0.312. The fourth-order valence-corrected chi connectivity index (χ4v) is 4.15. The van der Waals surface area contributed by atoms with Crippen molar-refractivity contribution >= 4 is 27.4 Å². The Hall–Kier alpha value is -2.73. The van der Waals surface area contributed by atoms with Gasteiger partial charge in [-0.25, -0.2) is 18.4 Å². The lowest BCUT2D eigenvalue weighted by Crippen LogP contribution is -2.64. The Morgan fingerprint density at radius 2 is 2.06 bits per heavy atom. The maximum atomic E-state index is 12.8. The van der Waals surface area contributed by atoms with Gasteiger partial charge in [-0.15, -0.1) is 0 Å². The van der Waals surface area contributed by atoms with Crippen LogP contribution in [0.15, 0.2) is 12.3 Å². The Kier molecular flexibility index (Phi) is 5.74. The van der Waals surface area contributed by atoms with Gasteiger partial charge in [0, 0.05) is 6.26 Å². The van der Waals surface area contributed by atoms with E-state index in [9.17, 15) is 13.2 Å². The second-order valence-electron chi connectivity index (χ2n) is 8.58. The second kappa shape index (κ2) is 7.75. The van der Waals surface area contributed by atoms with Crippen LogP contribution in [-0.4, -0.2) is 67.8 Å². The van der Waals surface area contributed by atoms with Gasteiger partial charge in [0.05, 0.1) is 24.8 Å². The summed E-state index contributed by atoms with van der Waals surface area (Å²) in [7, 11) is -3.64. The number of carbonyl (C=O) groups is 1. The van der Waals surface area contributed by atoms with Crippen molar-refractivity contribution in [1.82, 2.24) is 15.3 Å². The highest BCUT2D eigenvalue weighted by molar-refractivity contribution is 7.91. The molecule has 31 heavy (non-hydrogen) atoms. The molecular formula is C19H28N6O5S. The minimum Gasteiger partial charge on any atom is -0.485 e. The molecule has 1 fully saturated rings. The molecular weight excluding hydrogens is 424 g/mol. The average Bonchev–Trinajstić information content (AvgIpc) is 2.65. The zero-order chi connectivity index (χ0) is 23.2. The quantitative estimate of drug-likeness (QED) is 0.431. The van der Waals surface area contributed by atoms with E-state index in [1.54, 1.807) is 0 Å². The minimum absolute atomic E-state index is 0.0896. The predicted molar refractivity (Wildman–Crippen MR) is 115 cm³/mol. The number of amides is 1. The van der Waals surface area contributed by atoms with Crippen molar-refractivity contribution < 1.29 is 22.7 Å². The Labute approximate surface area is 181 Å². The van der Waals surface area contributed by atoms with Gasteiger partial charge >= 0.3 is 0 Å². The molecule has 1 amide bonds. The largest absolute Gasteiger partial charge is 0.485 e. The van der Waals surface area contributed by atoms with E-state index in [0.717, 1.165) is 12.5 Å². The smallest absolute Gasteiger partial charge is 0.294 e. The first-order chi connectivity index (χ1) is 14.3. The molecule has 0 aliphatic carbocycles. The summed E-state index contributed by atoms with van der Waals surface area (Å²) in [4.78, 5) is 23.5. The van der Waals surface area contributed by atoms with Crippen LogP contribution in [0.5, 0.6) is 5.75 Å². The number of nitrogens with one attached hydrogen (secondary N) is 2. The minimum atomic E-state index is -3.64. The molecule has 11 nitrogen and oxygen atoms in total. The zero-order valence-electron chi connectivity index (χ0n) is 18.2. The van der Waals surface area contributed by atoms with E-state index >= 15 is 0 Å². The van der Waals surface area contributed by atoms with Crippen molar-refractivity contribution in [2.24, 2.45) is 5.73 Å². The molecule has 2 aliphatic rings. The van der Waals surface area contributed by atoms with Crippen LogP contribution in [0.2, 0.25) is 0 Å². The van der Waals surface area contributed by atoms with Crippen molar-refractivity contribution in [1.29, 1.82) is 5.41 Å². The van der Waals surface area contributed by atoms with Crippen LogP contribution in [0, 0.1) is 5.41 Å². The van der Waals surface area contributed by atoms with Crippen LogP contribution in [0.1, 0.15) is 44.0 Å². The number of rotatable bonds is 4. The third kappa shape index (κ3) is 3.97. The number of amidine groups is 1. The van der Waals surface area contributed by atoms with Crippen LogP contribution in [-0.2, 0) is 19.3 Å². The average molecular weight is 453 g/mol. The number of aromatic nitrogens is 2. The first-order valence-corrected chi connectivity index (χ1v) is 11.6. The highest BCUT2D eigenvalue weighted by atomic mass is 32.2. The topological polar surface area (TPSA) is 161 Å². The van der Waals surface area contributed by atoms with Crippen molar-refractivity contribution in [2.45, 2.75) is 44.0 Å². The fourth-order valence-electron chi connectivity index (χ4n) is 3.66. The van der Waals surface area contributed by atoms with Gasteiger partial charge in [-0.05, 0) is 40.0 Å². The third-order valence-electron chi connectivity index (χ3n) is 5.61. The first kappa shape index (κ1) is 22.9. The molecule has 1 unspecified atom stereocenters. The summed E-state index contributed by atoms with van der Waals surface area (Å²) in [5, 5.41) is 10.1. The van der Waals surface area contributed by atoms with E-state index < -0.39 is 26.0 Å². The molecule has 0 radical (unpaired) electrons. The molecule has 0 aromatic carbocycles. The molecule has 2 aliphatic heterocycles. The normalized spacial score (nSPS) is 23.6. The number of nitrogens with zero attached hydrogens (tertiary/aromatic N) is 3. The molecule has 3 heterocycles. The molecule has 3 rings (SSSR count). The van der Waals surface area contributed by atoms with Gasteiger partial charge < -0.3 is 25.4 Å². The van der Waals surface area contributed by atoms with Gasteiger partial charge in [0.25, 0.3) is 5.91 Å². The molecule has 12 heteroatoms. The fraction of sp³-hybridized carbons (Fsp3) is 0.579. The Morgan fingerprint density at radius 1 is 1.39 bits per heavy atom. The maximum Gasteiger partial charge on any atom is 0.294 e. The summed E-state index contributed by atoms with van der Waals surface area (Å²) >= 11 is 0. The van der Waals surface area contributed by atoms with Crippen molar-refractivity contribution in [3.63, 3.8) is 0 Å². The summed E-state index contributed by atoms with van der Waals surface area (Å²) < 4.78 is 35.4. The van der Waals surface area contributed by atoms with Gasteiger partial charge in [-0.3, -0.25) is 10.2 Å². The molecule has 1 aromatic heterocycles. The zero-order valence-corrected chi connectivity index (χ0v) is 19.0. The third-order valence-corrected chi connectivity index (χ3v) is 7.66. The van der Waals surface area contributed by atoms with Crippen molar-refractivity contribution in [2.75, 3.05) is 31.0 Å². The number of hydrogen-bond donors (Lipinski definition) is 3. The molecule has 0 spiro atoms. The van der Waals surface area contributed by atoms with E-state index in [2.05, 4.69) is 15.3 Å². The van der Waals surface area contributed by atoms with E-state index in [4.69, 9.17) is 20.6 Å².